The molecule has 1 N–H and O–H groups in total. The number of carbonyl (C=O) groups excluding carboxylic acids is 1. The van der Waals surface area contributed by atoms with Crippen LogP contribution in [0.4, 0.5) is 13.2 Å². The van der Waals surface area contributed by atoms with Gasteiger partial charge in [-0.15, -0.1) is 0 Å². The topological polar surface area (TPSA) is 85.7 Å². The van der Waals surface area contributed by atoms with Crippen molar-refractivity contribution >= 4 is 23.4 Å². The lowest BCUT2D eigenvalue weighted by Crippen LogP contribution is -2.20. The van der Waals surface area contributed by atoms with Crippen LogP contribution >= 0.6 is 11.6 Å². The summed E-state index contributed by atoms with van der Waals surface area (Å²) in [6.07, 6.45) is -2.64. The van der Waals surface area contributed by atoms with Gasteiger partial charge in [-0.25, -0.2) is 0 Å². The van der Waals surface area contributed by atoms with E-state index in [-0.39, 0.29) is 29.6 Å². The maximum Gasteiger partial charge on any atom is 0.416 e. The predicted octanol–water partition coefficient (Wildman–Crippen LogP) is 7.59. The molecule has 0 bridgehead atoms. The molecule has 5 rings (SSSR count). The number of halogens is 4. The van der Waals surface area contributed by atoms with Gasteiger partial charge in [-0.1, -0.05) is 29.8 Å². The monoisotopic (exact) mass is 567 g/mol. The van der Waals surface area contributed by atoms with Gasteiger partial charge in [0.05, 0.1) is 29.5 Å². The second-order valence-corrected chi connectivity index (χ2v) is 9.60. The number of hydrogen-bond donors (Lipinski definition) is 1. The molecule has 40 heavy (non-hydrogen) atoms. The first kappa shape index (κ1) is 27.2. The molecule has 4 aromatic rings. The van der Waals surface area contributed by atoms with Crippen LogP contribution in [0.3, 0.4) is 0 Å². The summed E-state index contributed by atoms with van der Waals surface area (Å²) < 4.78 is 50.5. The highest BCUT2D eigenvalue weighted by Crippen LogP contribution is 2.42. The summed E-state index contributed by atoms with van der Waals surface area (Å²) in [7, 11) is 0. The Morgan fingerprint density at radius 2 is 1.80 bits per heavy atom. The molecule has 0 spiro atoms. The number of pyridine rings is 1. The number of aromatic nitrogens is 1. The summed E-state index contributed by atoms with van der Waals surface area (Å²) >= 11 is 6.35. The van der Waals surface area contributed by atoms with Crippen LogP contribution in [-0.4, -0.2) is 28.4 Å². The Bertz CT molecular complexity index is 1570. The molecule has 10 heteroatoms. The first-order valence-corrected chi connectivity index (χ1v) is 12.6. The van der Waals surface area contributed by atoms with Crippen LogP contribution in [0.15, 0.2) is 79.0 Å². The van der Waals surface area contributed by atoms with Gasteiger partial charge in [-0.3, -0.25) is 14.6 Å². The van der Waals surface area contributed by atoms with Gasteiger partial charge in [0.1, 0.15) is 17.2 Å². The van der Waals surface area contributed by atoms with E-state index in [2.05, 4.69) is 4.98 Å². The molecule has 0 fully saturated rings. The normalized spacial score (nSPS) is 14.7. The van der Waals surface area contributed by atoms with Crippen molar-refractivity contribution in [3.8, 4) is 28.4 Å². The van der Waals surface area contributed by atoms with E-state index in [4.69, 9.17) is 21.1 Å². The average molecular weight is 568 g/mol. The Morgan fingerprint density at radius 3 is 2.48 bits per heavy atom. The molecular formula is C30H21ClF3NO5. The molecule has 0 amide bonds. The Labute approximate surface area is 232 Å². The minimum absolute atomic E-state index is 0.00179. The number of benzene rings is 3. The maximum absolute atomic E-state index is 13.0. The number of Topliss-reactive ketones (excluding diaryl/α,β-unsaturated/α-hetero) is 1. The number of ketones is 1. The number of aliphatic carboxylic acids is 1. The summed E-state index contributed by atoms with van der Waals surface area (Å²) in [5, 5.41) is 9.67. The first-order chi connectivity index (χ1) is 19.1. The third-order valence-electron chi connectivity index (χ3n) is 6.50. The fourth-order valence-corrected chi connectivity index (χ4v) is 4.61. The number of fused-ring (bicyclic) bond motifs is 1. The standard InChI is InChI=1S/C30H21ClF3NO5/c31-25-14-24-23(29(37)38)10-11-39-27(24)15-28(25)40-22-8-5-17(6-9-22)26(36)13-21-7-4-19(16-35-21)18-2-1-3-20(12-18)30(32,33)34/h1-9,12,14-16,23H,10-11,13H2,(H,37,38). The Hall–Kier alpha value is -4.37. The van der Waals surface area contributed by atoms with Crippen molar-refractivity contribution < 1.29 is 37.3 Å². The second-order valence-electron chi connectivity index (χ2n) is 9.19. The Balaban J connectivity index is 1.24. The lowest BCUT2D eigenvalue weighted by atomic mass is 9.93. The average Bonchev–Trinajstić information content (AvgIpc) is 2.93. The van der Waals surface area contributed by atoms with Crippen LogP contribution in [0.5, 0.6) is 17.2 Å². The smallest absolute Gasteiger partial charge is 0.416 e. The molecule has 1 aromatic heterocycles. The van der Waals surface area contributed by atoms with Gasteiger partial charge < -0.3 is 14.6 Å². The van der Waals surface area contributed by atoms with Gasteiger partial charge in [0.15, 0.2) is 5.78 Å². The molecule has 0 saturated heterocycles. The summed E-state index contributed by atoms with van der Waals surface area (Å²) in [6.45, 7) is 0.269. The summed E-state index contributed by atoms with van der Waals surface area (Å²) in [4.78, 5) is 28.6. The number of carbonyl (C=O) groups is 2. The van der Waals surface area contributed by atoms with Gasteiger partial charge in [-0.2, -0.15) is 13.2 Å². The SMILES string of the molecule is O=C(Cc1ccc(-c2cccc(C(F)(F)F)c2)cn1)c1ccc(Oc2cc3c(cc2Cl)C(C(=O)O)CCO3)cc1. The van der Waals surface area contributed by atoms with Crippen molar-refractivity contribution in [2.45, 2.75) is 24.9 Å². The zero-order valence-corrected chi connectivity index (χ0v) is 21.5. The number of nitrogens with zero attached hydrogens (tertiary/aromatic N) is 1. The van der Waals surface area contributed by atoms with Crippen molar-refractivity contribution in [3.63, 3.8) is 0 Å². The molecule has 1 atom stereocenters. The maximum atomic E-state index is 13.0. The molecule has 1 unspecified atom stereocenters. The quantitative estimate of drug-likeness (QED) is 0.232. The van der Waals surface area contributed by atoms with Gasteiger partial charge in [0, 0.05) is 34.6 Å². The minimum Gasteiger partial charge on any atom is -0.493 e. The van der Waals surface area contributed by atoms with Gasteiger partial charge in [0.25, 0.3) is 0 Å². The van der Waals surface area contributed by atoms with E-state index >= 15 is 0 Å². The molecule has 0 radical (unpaired) electrons. The number of carboxylic acids is 1. The van der Waals surface area contributed by atoms with E-state index in [1.54, 1.807) is 48.5 Å². The van der Waals surface area contributed by atoms with E-state index in [1.807, 2.05) is 0 Å². The zero-order chi connectivity index (χ0) is 28.4. The highest BCUT2D eigenvalue weighted by atomic mass is 35.5. The molecule has 6 nitrogen and oxygen atoms in total. The Morgan fingerprint density at radius 1 is 1.02 bits per heavy atom. The van der Waals surface area contributed by atoms with E-state index in [0.717, 1.165) is 12.1 Å². The van der Waals surface area contributed by atoms with E-state index in [0.29, 0.717) is 45.9 Å². The molecular weight excluding hydrogens is 547 g/mol. The minimum atomic E-state index is -4.44. The number of hydrogen-bond acceptors (Lipinski definition) is 5. The molecule has 1 aliphatic rings. The molecule has 3 aromatic carbocycles. The summed E-state index contributed by atoms with van der Waals surface area (Å²) in [5.74, 6) is -0.756. The summed E-state index contributed by atoms with van der Waals surface area (Å²) in [6, 6.07) is 17.7. The van der Waals surface area contributed by atoms with Crippen LogP contribution in [-0.2, 0) is 17.4 Å². The molecule has 0 saturated carbocycles. The van der Waals surface area contributed by atoms with Crippen molar-refractivity contribution in [3.05, 3.63) is 106 Å². The van der Waals surface area contributed by atoms with Gasteiger partial charge in [-0.05, 0) is 60.5 Å². The third-order valence-corrected chi connectivity index (χ3v) is 6.79. The first-order valence-electron chi connectivity index (χ1n) is 12.2. The Kier molecular flexibility index (Phi) is 7.49. The number of rotatable bonds is 7. The van der Waals surface area contributed by atoms with Crippen molar-refractivity contribution in [1.29, 1.82) is 0 Å². The summed E-state index contributed by atoms with van der Waals surface area (Å²) in [5.41, 5.74) is 1.53. The fraction of sp³-hybridized carbons (Fsp3) is 0.167. The highest BCUT2D eigenvalue weighted by molar-refractivity contribution is 6.32. The lowest BCUT2D eigenvalue weighted by Gasteiger charge is -2.24. The fourth-order valence-electron chi connectivity index (χ4n) is 4.40. The van der Waals surface area contributed by atoms with Crippen LogP contribution in [0.1, 0.15) is 39.5 Å². The van der Waals surface area contributed by atoms with Crippen molar-refractivity contribution in [2.75, 3.05) is 6.61 Å². The zero-order valence-electron chi connectivity index (χ0n) is 20.7. The van der Waals surface area contributed by atoms with E-state index in [1.165, 1.54) is 18.3 Å². The van der Waals surface area contributed by atoms with Crippen LogP contribution in [0.2, 0.25) is 5.02 Å². The van der Waals surface area contributed by atoms with Gasteiger partial charge >= 0.3 is 12.1 Å². The number of ether oxygens (including phenoxy) is 2. The lowest BCUT2D eigenvalue weighted by molar-refractivity contribution is -0.139. The van der Waals surface area contributed by atoms with Gasteiger partial charge in [0.2, 0.25) is 0 Å². The van der Waals surface area contributed by atoms with E-state index in [9.17, 15) is 27.9 Å². The highest BCUT2D eigenvalue weighted by Gasteiger charge is 2.31. The van der Waals surface area contributed by atoms with Crippen molar-refractivity contribution in [2.24, 2.45) is 0 Å². The van der Waals surface area contributed by atoms with Crippen LogP contribution in [0, 0.1) is 0 Å². The van der Waals surface area contributed by atoms with E-state index < -0.39 is 23.6 Å². The number of alkyl halides is 3. The molecule has 2 heterocycles. The second kappa shape index (κ2) is 11.0. The van der Waals surface area contributed by atoms with Crippen LogP contribution < -0.4 is 9.47 Å². The molecule has 0 aliphatic carbocycles. The molecule has 204 valence electrons. The van der Waals surface area contributed by atoms with Crippen LogP contribution in [0.25, 0.3) is 11.1 Å². The third kappa shape index (κ3) is 5.94. The largest absolute Gasteiger partial charge is 0.493 e. The molecule has 1 aliphatic heterocycles. The predicted molar refractivity (Wildman–Crippen MR) is 141 cm³/mol. The van der Waals surface area contributed by atoms with Crippen molar-refractivity contribution in [1.82, 2.24) is 4.98 Å². The number of carboxylic acid groups (broad SMARTS) is 1.